The first-order chi connectivity index (χ1) is 7.45. The largest absolute Gasteiger partial charge is 0.380 e. The van der Waals surface area contributed by atoms with Gasteiger partial charge in [0.15, 0.2) is 0 Å². The van der Waals surface area contributed by atoms with E-state index in [0.717, 1.165) is 38.1 Å². The van der Waals surface area contributed by atoms with Gasteiger partial charge in [0.05, 0.1) is 6.61 Å². The summed E-state index contributed by atoms with van der Waals surface area (Å²) in [6, 6.07) is 0. The van der Waals surface area contributed by atoms with Crippen molar-refractivity contribution >= 4 is 0 Å². The summed E-state index contributed by atoms with van der Waals surface area (Å²) in [6.07, 6.45) is 5.46. The van der Waals surface area contributed by atoms with Crippen molar-refractivity contribution in [2.75, 3.05) is 39.4 Å². The summed E-state index contributed by atoms with van der Waals surface area (Å²) in [6.45, 7) is 6.49. The zero-order valence-corrected chi connectivity index (χ0v) is 9.63. The minimum atomic E-state index is 0.888. The van der Waals surface area contributed by atoms with E-state index in [1.54, 1.807) is 0 Å². The van der Waals surface area contributed by atoms with Crippen molar-refractivity contribution in [1.29, 1.82) is 0 Å². The molecule has 15 heavy (non-hydrogen) atoms. The van der Waals surface area contributed by atoms with Crippen LogP contribution in [0.3, 0.4) is 0 Å². The van der Waals surface area contributed by atoms with Crippen LogP contribution in [0.15, 0.2) is 0 Å². The van der Waals surface area contributed by atoms with Crippen molar-refractivity contribution in [1.82, 2.24) is 10.6 Å². The van der Waals surface area contributed by atoms with Gasteiger partial charge in [0, 0.05) is 13.2 Å². The summed E-state index contributed by atoms with van der Waals surface area (Å²) in [4.78, 5) is 0. The first-order valence-electron chi connectivity index (χ1n) is 6.44. The van der Waals surface area contributed by atoms with Gasteiger partial charge >= 0.3 is 0 Å². The number of ether oxygens (including phenoxy) is 1. The molecule has 0 amide bonds. The highest BCUT2D eigenvalue weighted by Gasteiger charge is 2.20. The number of hydrogen-bond donors (Lipinski definition) is 2. The maximum Gasteiger partial charge on any atom is 0.0591 e. The van der Waals surface area contributed by atoms with E-state index in [1.165, 1.54) is 38.8 Å². The number of nitrogens with one attached hydrogen (secondary N) is 2. The van der Waals surface area contributed by atoms with Gasteiger partial charge in [-0.2, -0.15) is 0 Å². The molecule has 2 fully saturated rings. The van der Waals surface area contributed by atoms with Crippen LogP contribution in [0, 0.1) is 11.8 Å². The minimum absolute atomic E-state index is 0.888. The monoisotopic (exact) mass is 212 g/mol. The fraction of sp³-hybridized carbons (Fsp3) is 1.00. The molecule has 1 aliphatic carbocycles. The smallest absolute Gasteiger partial charge is 0.0591 e. The van der Waals surface area contributed by atoms with Crippen LogP contribution in [-0.2, 0) is 4.74 Å². The molecular weight excluding hydrogens is 188 g/mol. The molecule has 1 atom stereocenters. The summed E-state index contributed by atoms with van der Waals surface area (Å²) in [5.74, 6) is 1.81. The molecule has 1 aliphatic heterocycles. The van der Waals surface area contributed by atoms with Gasteiger partial charge < -0.3 is 15.4 Å². The highest BCUT2D eigenvalue weighted by Crippen LogP contribution is 2.28. The van der Waals surface area contributed by atoms with Crippen molar-refractivity contribution in [3.8, 4) is 0 Å². The van der Waals surface area contributed by atoms with E-state index in [0.29, 0.717) is 0 Å². The molecule has 3 heteroatoms. The third-order valence-corrected chi connectivity index (χ3v) is 3.37. The molecule has 2 aliphatic rings. The molecule has 0 spiro atoms. The lowest BCUT2D eigenvalue weighted by atomic mass is 10.1. The van der Waals surface area contributed by atoms with E-state index in [-0.39, 0.29) is 0 Å². The molecule has 1 saturated heterocycles. The lowest BCUT2D eigenvalue weighted by molar-refractivity contribution is 0.126. The molecule has 0 aromatic heterocycles. The second-order valence-corrected chi connectivity index (χ2v) is 4.92. The normalized spacial score (nSPS) is 26.0. The number of rotatable bonds is 8. The molecular formula is C12H24N2O. The van der Waals surface area contributed by atoms with Gasteiger partial charge in [0.1, 0.15) is 0 Å². The minimum Gasteiger partial charge on any atom is -0.380 e. The van der Waals surface area contributed by atoms with Gasteiger partial charge in [-0.1, -0.05) is 0 Å². The zero-order valence-electron chi connectivity index (χ0n) is 9.63. The van der Waals surface area contributed by atoms with E-state index in [1.807, 2.05) is 0 Å². The Balaban J connectivity index is 1.32. The van der Waals surface area contributed by atoms with Crippen LogP contribution >= 0.6 is 0 Å². The van der Waals surface area contributed by atoms with Crippen molar-refractivity contribution in [3.05, 3.63) is 0 Å². The molecule has 0 aromatic rings. The Labute approximate surface area is 93.0 Å². The second kappa shape index (κ2) is 6.46. The molecule has 88 valence electrons. The highest BCUT2D eigenvalue weighted by atomic mass is 16.5. The zero-order chi connectivity index (χ0) is 10.3. The molecule has 0 aromatic carbocycles. The predicted octanol–water partition coefficient (Wildman–Crippen LogP) is 1.00. The summed E-state index contributed by atoms with van der Waals surface area (Å²) in [5.41, 5.74) is 0. The maximum absolute atomic E-state index is 5.55. The molecule has 3 nitrogen and oxygen atoms in total. The quantitative estimate of drug-likeness (QED) is 0.589. The molecule has 2 N–H and O–H groups in total. The third kappa shape index (κ3) is 4.96. The van der Waals surface area contributed by atoms with E-state index in [4.69, 9.17) is 4.74 Å². The molecule has 1 saturated carbocycles. The number of hydrogen-bond acceptors (Lipinski definition) is 3. The van der Waals surface area contributed by atoms with Gasteiger partial charge in [0.25, 0.3) is 0 Å². The Hall–Kier alpha value is -0.120. The van der Waals surface area contributed by atoms with Crippen LogP contribution in [0.2, 0.25) is 0 Å². The fourth-order valence-electron chi connectivity index (χ4n) is 2.07. The van der Waals surface area contributed by atoms with Crippen LogP contribution < -0.4 is 10.6 Å². The van der Waals surface area contributed by atoms with Crippen molar-refractivity contribution in [2.45, 2.75) is 25.7 Å². The first kappa shape index (κ1) is 11.4. The summed E-state index contributed by atoms with van der Waals surface area (Å²) >= 11 is 0. The van der Waals surface area contributed by atoms with E-state index in [9.17, 15) is 0 Å². The third-order valence-electron chi connectivity index (χ3n) is 3.37. The maximum atomic E-state index is 5.55. The summed E-state index contributed by atoms with van der Waals surface area (Å²) < 4.78 is 5.55. The van der Waals surface area contributed by atoms with Crippen molar-refractivity contribution < 1.29 is 4.74 Å². The average Bonchev–Trinajstić information content (AvgIpc) is 2.92. The van der Waals surface area contributed by atoms with Gasteiger partial charge in [-0.05, 0) is 57.2 Å². The molecule has 2 rings (SSSR count). The van der Waals surface area contributed by atoms with Crippen LogP contribution in [0.25, 0.3) is 0 Å². The van der Waals surface area contributed by atoms with Crippen LogP contribution in [0.1, 0.15) is 25.7 Å². The van der Waals surface area contributed by atoms with E-state index >= 15 is 0 Å². The van der Waals surface area contributed by atoms with E-state index < -0.39 is 0 Å². The standard InChI is InChI=1S/C12H24N2O/c1-2-12(1)10-15-8-7-13-5-3-11-4-6-14-9-11/h11-14H,1-10H2. The predicted molar refractivity (Wildman–Crippen MR) is 62.0 cm³/mol. The van der Waals surface area contributed by atoms with Gasteiger partial charge in [-0.15, -0.1) is 0 Å². The summed E-state index contributed by atoms with van der Waals surface area (Å²) in [7, 11) is 0. The molecule has 1 unspecified atom stereocenters. The van der Waals surface area contributed by atoms with Crippen LogP contribution in [0.4, 0.5) is 0 Å². The Kier molecular flexibility index (Phi) is 4.90. The SMILES string of the molecule is C(COCC1CC1)NCCC1CCNC1. The van der Waals surface area contributed by atoms with Crippen molar-refractivity contribution in [3.63, 3.8) is 0 Å². The van der Waals surface area contributed by atoms with Gasteiger partial charge in [-0.25, -0.2) is 0 Å². The average molecular weight is 212 g/mol. The Morgan fingerprint density at radius 3 is 2.80 bits per heavy atom. The lowest BCUT2D eigenvalue weighted by Crippen LogP contribution is -2.23. The lowest BCUT2D eigenvalue weighted by Gasteiger charge is -2.09. The van der Waals surface area contributed by atoms with Crippen molar-refractivity contribution in [2.24, 2.45) is 11.8 Å². The Morgan fingerprint density at radius 1 is 1.13 bits per heavy atom. The van der Waals surface area contributed by atoms with Crippen LogP contribution in [0.5, 0.6) is 0 Å². The molecule has 1 heterocycles. The summed E-state index contributed by atoms with van der Waals surface area (Å²) in [5, 5.41) is 6.85. The second-order valence-electron chi connectivity index (χ2n) is 4.92. The fourth-order valence-corrected chi connectivity index (χ4v) is 2.07. The van der Waals surface area contributed by atoms with Gasteiger partial charge in [0.2, 0.25) is 0 Å². The Bertz CT molecular complexity index is 165. The Morgan fingerprint density at radius 2 is 2.07 bits per heavy atom. The van der Waals surface area contributed by atoms with Crippen LogP contribution in [-0.4, -0.2) is 39.4 Å². The van der Waals surface area contributed by atoms with Gasteiger partial charge in [-0.3, -0.25) is 0 Å². The molecule has 0 bridgehead atoms. The highest BCUT2D eigenvalue weighted by molar-refractivity contribution is 4.72. The van der Waals surface area contributed by atoms with E-state index in [2.05, 4.69) is 10.6 Å². The first-order valence-corrected chi connectivity index (χ1v) is 6.44. The topological polar surface area (TPSA) is 33.3 Å². The molecule has 0 radical (unpaired) electrons.